The van der Waals surface area contributed by atoms with Gasteiger partial charge in [-0.1, -0.05) is 0 Å². The molecule has 0 saturated carbocycles. The van der Waals surface area contributed by atoms with Crippen molar-refractivity contribution >= 4 is 17.6 Å². The molecule has 0 aliphatic heterocycles. The van der Waals surface area contributed by atoms with Crippen LogP contribution in [0, 0.1) is 6.92 Å². The fraction of sp³-hybridized carbons (Fsp3) is 0.385. The van der Waals surface area contributed by atoms with E-state index in [1.54, 1.807) is 26.2 Å². The average molecular weight is 266 g/mol. The third kappa shape index (κ3) is 5.07. The Hall–Kier alpha value is -1.92. The zero-order valence-electron chi connectivity index (χ0n) is 11.0. The van der Waals surface area contributed by atoms with Crippen molar-refractivity contribution in [2.24, 2.45) is 0 Å². The lowest BCUT2D eigenvalue weighted by atomic mass is 10.1. The molecule has 0 radical (unpaired) electrons. The van der Waals surface area contributed by atoms with E-state index in [0.29, 0.717) is 24.4 Å². The van der Waals surface area contributed by atoms with Crippen LogP contribution in [0.2, 0.25) is 0 Å². The highest BCUT2D eigenvalue weighted by molar-refractivity contribution is 5.94. The number of carbonyl (C=O) groups is 2. The van der Waals surface area contributed by atoms with Crippen molar-refractivity contribution < 1.29 is 19.4 Å². The second-order valence-electron chi connectivity index (χ2n) is 4.05. The van der Waals surface area contributed by atoms with Crippen LogP contribution in [0.1, 0.15) is 15.9 Å². The summed E-state index contributed by atoms with van der Waals surface area (Å²) in [5.41, 5.74) is 1.43. The van der Waals surface area contributed by atoms with E-state index in [9.17, 15) is 9.59 Å². The summed E-state index contributed by atoms with van der Waals surface area (Å²) in [4.78, 5) is 22.4. The number of amides is 1. The second-order valence-corrected chi connectivity index (χ2v) is 4.05. The van der Waals surface area contributed by atoms with Gasteiger partial charge >= 0.3 is 5.97 Å². The minimum atomic E-state index is -0.975. The van der Waals surface area contributed by atoms with Gasteiger partial charge in [-0.25, -0.2) is 4.79 Å². The molecule has 0 heterocycles. The number of carboxylic acid groups (broad SMARTS) is 1. The SMILES string of the molecule is COCCNCC(=O)Nc1ccc(C(=O)O)c(C)c1. The predicted molar refractivity (Wildman–Crippen MR) is 71.5 cm³/mol. The summed E-state index contributed by atoms with van der Waals surface area (Å²) < 4.78 is 4.84. The molecule has 104 valence electrons. The number of aromatic carboxylic acids is 1. The standard InChI is InChI=1S/C13H18N2O4/c1-9-7-10(3-4-11(9)13(17)18)15-12(16)8-14-5-6-19-2/h3-4,7,14H,5-6,8H2,1-2H3,(H,15,16)(H,17,18). The number of methoxy groups -OCH3 is 1. The molecule has 0 aromatic heterocycles. The monoisotopic (exact) mass is 266 g/mol. The predicted octanol–water partition coefficient (Wildman–Crippen LogP) is 0.868. The zero-order chi connectivity index (χ0) is 14.3. The van der Waals surface area contributed by atoms with Crippen LogP contribution in [-0.2, 0) is 9.53 Å². The van der Waals surface area contributed by atoms with E-state index in [0.717, 1.165) is 0 Å². The summed E-state index contributed by atoms with van der Waals surface area (Å²) in [7, 11) is 1.59. The molecule has 0 aliphatic rings. The van der Waals surface area contributed by atoms with Gasteiger partial charge in [-0.3, -0.25) is 4.79 Å². The summed E-state index contributed by atoms with van der Waals surface area (Å²) >= 11 is 0. The van der Waals surface area contributed by atoms with E-state index in [4.69, 9.17) is 9.84 Å². The Morgan fingerprint density at radius 1 is 1.37 bits per heavy atom. The molecule has 3 N–H and O–H groups in total. The van der Waals surface area contributed by atoms with Crippen LogP contribution in [-0.4, -0.2) is 43.8 Å². The van der Waals surface area contributed by atoms with Crippen LogP contribution in [0.15, 0.2) is 18.2 Å². The molecule has 1 rings (SSSR count). The maximum Gasteiger partial charge on any atom is 0.335 e. The van der Waals surface area contributed by atoms with Crippen LogP contribution >= 0.6 is 0 Å². The van der Waals surface area contributed by atoms with E-state index in [1.165, 1.54) is 6.07 Å². The van der Waals surface area contributed by atoms with Crippen LogP contribution in [0.3, 0.4) is 0 Å². The molecule has 0 saturated heterocycles. The Labute approximate surface area is 111 Å². The topological polar surface area (TPSA) is 87.7 Å². The summed E-state index contributed by atoms with van der Waals surface area (Å²) in [6.45, 7) is 3.01. The third-order valence-corrected chi connectivity index (χ3v) is 2.51. The molecule has 1 aromatic carbocycles. The fourth-order valence-corrected chi connectivity index (χ4v) is 1.56. The number of carbonyl (C=O) groups excluding carboxylic acids is 1. The molecule has 0 atom stereocenters. The van der Waals surface area contributed by atoms with E-state index in [-0.39, 0.29) is 18.0 Å². The van der Waals surface area contributed by atoms with Crippen molar-refractivity contribution in [1.29, 1.82) is 0 Å². The van der Waals surface area contributed by atoms with Crippen molar-refractivity contribution in [2.75, 3.05) is 32.1 Å². The molecule has 6 nitrogen and oxygen atoms in total. The molecule has 6 heteroatoms. The Morgan fingerprint density at radius 2 is 2.11 bits per heavy atom. The number of benzene rings is 1. The van der Waals surface area contributed by atoms with Gasteiger partial charge in [0.2, 0.25) is 5.91 Å². The molecular weight excluding hydrogens is 248 g/mol. The van der Waals surface area contributed by atoms with Gasteiger partial charge in [0.25, 0.3) is 0 Å². The highest BCUT2D eigenvalue weighted by atomic mass is 16.5. The lowest BCUT2D eigenvalue weighted by Crippen LogP contribution is -2.30. The number of hydrogen-bond acceptors (Lipinski definition) is 4. The number of anilines is 1. The summed E-state index contributed by atoms with van der Waals surface area (Å²) in [6.07, 6.45) is 0. The molecule has 0 spiro atoms. The second kappa shape index (κ2) is 7.50. The Balaban J connectivity index is 2.51. The van der Waals surface area contributed by atoms with E-state index < -0.39 is 5.97 Å². The van der Waals surface area contributed by atoms with Gasteiger partial charge in [-0.15, -0.1) is 0 Å². The van der Waals surface area contributed by atoms with E-state index >= 15 is 0 Å². The smallest absolute Gasteiger partial charge is 0.335 e. The minimum absolute atomic E-state index is 0.182. The van der Waals surface area contributed by atoms with E-state index in [2.05, 4.69) is 10.6 Å². The maximum absolute atomic E-state index is 11.6. The fourth-order valence-electron chi connectivity index (χ4n) is 1.56. The number of carboxylic acids is 1. The highest BCUT2D eigenvalue weighted by Gasteiger charge is 2.08. The first kappa shape index (κ1) is 15.1. The largest absolute Gasteiger partial charge is 0.478 e. The van der Waals surface area contributed by atoms with Gasteiger partial charge in [0, 0.05) is 19.3 Å². The quantitative estimate of drug-likeness (QED) is 0.637. The Morgan fingerprint density at radius 3 is 2.68 bits per heavy atom. The van der Waals surface area contributed by atoms with Crippen LogP contribution in [0.25, 0.3) is 0 Å². The molecule has 0 aliphatic carbocycles. The lowest BCUT2D eigenvalue weighted by molar-refractivity contribution is -0.115. The van der Waals surface area contributed by atoms with Crippen molar-refractivity contribution in [2.45, 2.75) is 6.92 Å². The molecule has 1 amide bonds. The first-order valence-electron chi connectivity index (χ1n) is 5.88. The van der Waals surface area contributed by atoms with Crippen molar-refractivity contribution in [3.63, 3.8) is 0 Å². The van der Waals surface area contributed by atoms with Crippen LogP contribution in [0.5, 0.6) is 0 Å². The summed E-state index contributed by atoms with van der Waals surface area (Å²) in [5, 5.41) is 14.5. The van der Waals surface area contributed by atoms with Gasteiger partial charge in [-0.05, 0) is 30.7 Å². The molecule has 19 heavy (non-hydrogen) atoms. The van der Waals surface area contributed by atoms with Gasteiger partial charge < -0.3 is 20.5 Å². The summed E-state index contributed by atoms with van der Waals surface area (Å²) in [5.74, 6) is -1.16. The normalized spacial score (nSPS) is 10.2. The number of ether oxygens (including phenoxy) is 1. The molecule has 0 unspecified atom stereocenters. The first-order valence-corrected chi connectivity index (χ1v) is 5.88. The molecule has 0 bridgehead atoms. The van der Waals surface area contributed by atoms with Crippen molar-refractivity contribution in [3.8, 4) is 0 Å². The van der Waals surface area contributed by atoms with Gasteiger partial charge in [0.05, 0.1) is 18.7 Å². The average Bonchev–Trinajstić information content (AvgIpc) is 2.34. The maximum atomic E-state index is 11.6. The number of hydrogen-bond donors (Lipinski definition) is 3. The third-order valence-electron chi connectivity index (χ3n) is 2.51. The van der Waals surface area contributed by atoms with Gasteiger partial charge in [-0.2, -0.15) is 0 Å². The lowest BCUT2D eigenvalue weighted by Gasteiger charge is -2.08. The Kier molecular flexibility index (Phi) is 5.98. The molecular formula is C13H18N2O4. The first-order chi connectivity index (χ1) is 9.04. The van der Waals surface area contributed by atoms with Crippen molar-refractivity contribution in [3.05, 3.63) is 29.3 Å². The van der Waals surface area contributed by atoms with E-state index in [1.807, 2.05) is 0 Å². The highest BCUT2D eigenvalue weighted by Crippen LogP contribution is 2.14. The molecule has 0 fully saturated rings. The Bertz CT molecular complexity index is 460. The summed E-state index contributed by atoms with van der Waals surface area (Å²) in [6, 6.07) is 4.69. The molecule has 1 aromatic rings. The minimum Gasteiger partial charge on any atom is -0.478 e. The number of rotatable bonds is 7. The van der Waals surface area contributed by atoms with Gasteiger partial charge in [0.15, 0.2) is 0 Å². The number of aryl methyl sites for hydroxylation is 1. The number of nitrogens with one attached hydrogen (secondary N) is 2. The van der Waals surface area contributed by atoms with Gasteiger partial charge in [0.1, 0.15) is 0 Å². The van der Waals surface area contributed by atoms with Crippen molar-refractivity contribution in [1.82, 2.24) is 5.32 Å². The van der Waals surface area contributed by atoms with Crippen LogP contribution < -0.4 is 10.6 Å². The van der Waals surface area contributed by atoms with Crippen LogP contribution in [0.4, 0.5) is 5.69 Å². The zero-order valence-corrected chi connectivity index (χ0v) is 11.0.